The minimum Gasteiger partial charge on any atom is -0.355 e. The zero-order chi connectivity index (χ0) is 14.9. The third-order valence-corrected chi connectivity index (χ3v) is 2.77. The fourth-order valence-electron chi connectivity index (χ4n) is 1.68. The number of halogens is 3. The van der Waals surface area contributed by atoms with Crippen molar-refractivity contribution in [1.82, 2.24) is 20.1 Å². The van der Waals surface area contributed by atoms with Gasteiger partial charge in [-0.2, -0.15) is 18.3 Å². The van der Waals surface area contributed by atoms with E-state index in [2.05, 4.69) is 15.4 Å². The standard InChI is InChI=1S/C12H11F3N4O/c1-7-9(11(20)16-2)6-18-19(7)10-4-3-8(5-17-10)12(13,14)15/h3-6H,1-2H3,(H,16,20). The largest absolute Gasteiger partial charge is 0.417 e. The monoisotopic (exact) mass is 284 g/mol. The molecule has 2 aromatic rings. The average molecular weight is 284 g/mol. The minimum absolute atomic E-state index is 0.214. The van der Waals surface area contributed by atoms with Crippen molar-refractivity contribution in [3.05, 3.63) is 41.3 Å². The van der Waals surface area contributed by atoms with Crippen molar-refractivity contribution < 1.29 is 18.0 Å². The van der Waals surface area contributed by atoms with Crippen LogP contribution in [0.15, 0.2) is 24.5 Å². The van der Waals surface area contributed by atoms with Crippen LogP contribution in [0.5, 0.6) is 0 Å². The first-order chi connectivity index (χ1) is 9.34. The van der Waals surface area contributed by atoms with Crippen molar-refractivity contribution in [1.29, 1.82) is 0 Å². The summed E-state index contributed by atoms with van der Waals surface area (Å²) < 4.78 is 38.6. The van der Waals surface area contributed by atoms with E-state index in [1.54, 1.807) is 6.92 Å². The summed E-state index contributed by atoms with van der Waals surface area (Å²) in [6.45, 7) is 1.64. The summed E-state index contributed by atoms with van der Waals surface area (Å²) in [5.41, 5.74) is 0.00314. The Bertz CT molecular complexity index is 631. The molecule has 0 spiro atoms. The Morgan fingerprint density at radius 3 is 2.50 bits per heavy atom. The summed E-state index contributed by atoms with van der Waals surface area (Å²) in [5.74, 6) is -0.105. The van der Waals surface area contributed by atoms with E-state index >= 15 is 0 Å². The zero-order valence-electron chi connectivity index (χ0n) is 10.7. The van der Waals surface area contributed by atoms with Gasteiger partial charge in [0, 0.05) is 13.2 Å². The summed E-state index contributed by atoms with van der Waals surface area (Å²) in [5, 5.41) is 6.41. The van der Waals surface area contributed by atoms with Crippen LogP contribution in [0, 0.1) is 6.92 Å². The molecule has 0 saturated carbocycles. The Morgan fingerprint density at radius 2 is 2.00 bits per heavy atom. The number of alkyl halides is 3. The van der Waals surface area contributed by atoms with Gasteiger partial charge in [-0.3, -0.25) is 4.79 Å². The summed E-state index contributed by atoms with van der Waals surface area (Å²) in [7, 11) is 1.48. The molecule has 20 heavy (non-hydrogen) atoms. The van der Waals surface area contributed by atoms with Gasteiger partial charge in [0.05, 0.1) is 23.0 Å². The number of carbonyl (C=O) groups is 1. The predicted octanol–water partition coefficient (Wildman–Crippen LogP) is 1.95. The zero-order valence-corrected chi connectivity index (χ0v) is 10.7. The molecule has 0 unspecified atom stereocenters. The maximum absolute atomic E-state index is 12.4. The van der Waals surface area contributed by atoms with Crippen LogP contribution < -0.4 is 5.32 Å². The first kappa shape index (κ1) is 14.0. The summed E-state index contributed by atoms with van der Waals surface area (Å²) in [6, 6.07) is 2.12. The van der Waals surface area contributed by atoms with Gasteiger partial charge in [0.2, 0.25) is 0 Å². The molecule has 1 N–H and O–H groups in total. The van der Waals surface area contributed by atoms with Crippen molar-refractivity contribution in [3.63, 3.8) is 0 Å². The van der Waals surface area contributed by atoms with Crippen LogP contribution in [-0.4, -0.2) is 27.7 Å². The van der Waals surface area contributed by atoms with E-state index in [4.69, 9.17) is 0 Å². The number of pyridine rings is 1. The number of aromatic nitrogens is 3. The number of amides is 1. The quantitative estimate of drug-likeness (QED) is 0.917. The molecule has 0 aliphatic carbocycles. The second kappa shape index (κ2) is 4.95. The molecule has 0 saturated heterocycles. The molecule has 5 nitrogen and oxygen atoms in total. The van der Waals surface area contributed by atoms with Crippen molar-refractivity contribution in [2.75, 3.05) is 7.05 Å². The Labute approximate surface area is 112 Å². The highest BCUT2D eigenvalue weighted by atomic mass is 19.4. The van der Waals surface area contributed by atoms with Gasteiger partial charge in [-0.15, -0.1) is 0 Å². The third-order valence-electron chi connectivity index (χ3n) is 2.77. The van der Waals surface area contributed by atoms with E-state index in [0.29, 0.717) is 11.3 Å². The van der Waals surface area contributed by atoms with E-state index in [9.17, 15) is 18.0 Å². The maximum Gasteiger partial charge on any atom is 0.417 e. The average Bonchev–Trinajstić information content (AvgIpc) is 2.79. The second-order valence-electron chi connectivity index (χ2n) is 4.04. The number of nitrogens with one attached hydrogen (secondary N) is 1. The molecule has 0 aliphatic heterocycles. The predicted molar refractivity (Wildman–Crippen MR) is 64.5 cm³/mol. The number of nitrogens with zero attached hydrogens (tertiary/aromatic N) is 3. The van der Waals surface area contributed by atoms with E-state index < -0.39 is 11.7 Å². The van der Waals surface area contributed by atoms with Gasteiger partial charge < -0.3 is 5.32 Å². The lowest BCUT2D eigenvalue weighted by Gasteiger charge is -2.08. The molecule has 0 fully saturated rings. The molecule has 0 aromatic carbocycles. The SMILES string of the molecule is CNC(=O)c1cnn(-c2ccc(C(F)(F)F)cn2)c1C. The Kier molecular flexibility index (Phi) is 3.47. The molecule has 2 aromatic heterocycles. The third kappa shape index (κ3) is 2.49. The molecular formula is C12H11F3N4O. The van der Waals surface area contributed by atoms with Crippen LogP contribution >= 0.6 is 0 Å². The van der Waals surface area contributed by atoms with Crippen molar-refractivity contribution >= 4 is 5.91 Å². The molecule has 8 heteroatoms. The Balaban J connectivity index is 2.38. The fourth-order valence-corrected chi connectivity index (χ4v) is 1.68. The van der Waals surface area contributed by atoms with Gasteiger partial charge in [0.25, 0.3) is 5.91 Å². The molecule has 2 heterocycles. The Hall–Kier alpha value is -2.38. The number of carbonyl (C=O) groups excluding carboxylic acids is 1. The minimum atomic E-state index is -4.43. The maximum atomic E-state index is 12.4. The number of rotatable bonds is 2. The van der Waals surface area contributed by atoms with Gasteiger partial charge in [-0.25, -0.2) is 9.67 Å². The molecule has 2 rings (SSSR count). The van der Waals surface area contributed by atoms with Crippen molar-refractivity contribution in [2.45, 2.75) is 13.1 Å². The van der Waals surface area contributed by atoms with Gasteiger partial charge in [-0.05, 0) is 19.1 Å². The van der Waals surface area contributed by atoms with Gasteiger partial charge >= 0.3 is 6.18 Å². The van der Waals surface area contributed by atoms with Crippen LogP contribution in [0.1, 0.15) is 21.6 Å². The first-order valence-corrected chi connectivity index (χ1v) is 5.65. The molecular weight excluding hydrogens is 273 g/mol. The fraction of sp³-hybridized carbons (Fsp3) is 0.250. The van der Waals surface area contributed by atoms with E-state index in [1.165, 1.54) is 24.0 Å². The Morgan fingerprint density at radius 1 is 1.30 bits per heavy atom. The summed E-state index contributed by atoms with van der Waals surface area (Å²) >= 11 is 0. The summed E-state index contributed by atoms with van der Waals surface area (Å²) in [6.07, 6.45) is -2.36. The van der Waals surface area contributed by atoms with E-state index in [0.717, 1.165) is 12.3 Å². The highest BCUT2D eigenvalue weighted by Gasteiger charge is 2.30. The highest BCUT2D eigenvalue weighted by Crippen LogP contribution is 2.28. The van der Waals surface area contributed by atoms with Crippen LogP contribution in [0.3, 0.4) is 0 Å². The summed E-state index contributed by atoms with van der Waals surface area (Å²) in [4.78, 5) is 15.3. The topological polar surface area (TPSA) is 59.8 Å². The molecule has 106 valence electrons. The highest BCUT2D eigenvalue weighted by molar-refractivity contribution is 5.94. The lowest BCUT2D eigenvalue weighted by molar-refractivity contribution is -0.137. The van der Waals surface area contributed by atoms with Crippen molar-refractivity contribution in [3.8, 4) is 5.82 Å². The lowest BCUT2D eigenvalue weighted by atomic mass is 10.2. The van der Waals surface area contributed by atoms with Crippen molar-refractivity contribution in [2.24, 2.45) is 0 Å². The van der Waals surface area contributed by atoms with Gasteiger partial charge in [0.15, 0.2) is 5.82 Å². The second-order valence-corrected chi connectivity index (χ2v) is 4.04. The normalized spacial score (nSPS) is 11.4. The van der Waals surface area contributed by atoms with E-state index in [-0.39, 0.29) is 11.7 Å². The van der Waals surface area contributed by atoms with E-state index in [1.807, 2.05) is 0 Å². The number of hydrogen-bond acceptors (Lipinski definition) is 3. The molecule has 0 aliphatic rings. The van der Waals surface area contributed by atoms with Gasteiger partial charge in [-0.1, -0.05) is 0 Å². The van der Waals surface area contributed by atoms with Gasteiger partial charge in [0.1, 0.15) is 0 Å². The molecule has 1 amide bonds. The first-order valence-electron chi connectivity index (χ1n) is 5.65. The van der Waals surface area contributed by atoms with Crippen LogP contribution in [0.4, 0.5) is 13.2 Å². The van der Waals surface area contributed by atoms with Crippen LogP contribution in [-0.2, 0) is 6.18 Å². The lowest BCUT2D eigenvalue weighted by Crippen LogP contribution is -2.18. The molecule has 0 bridgehead atoms. The molecule has 0 radical (unpaired) electrons. The number of hydrogen-bond donors (Lipinski definition) is 1. The van der Waals surface area contributed by atoms with Crippen LogP contribution in [0.25, 0.3) is 5.82 Å². The smallest absolute Gasteiger partial charge is 0.355 e. The molecule has 0 atom stereocenters. The van der Waals surface area contributed by atoms with Crippen LogP contribution in [0.2, 0.25) is 0 Å².